The van der Waals surface area contributed by atoms with Crippen LogP contribution in [0.15, 0.2) is 48.5 Å². The molecule has 152 valence electrons. The summed E-state index contributed by atoms with van der Waals surface area (Å²) in [5, 5.41) is 0. The van der Waals surface area contributed by atoms with Gasteiger partial charge in [0.25, 0.3) is 5.91 Å². The minimum absolute atomic E-state index is 0.259. The number of nitrogens with zero attached hydrogens (tertiary/aromatic N) is 1. The SMILES string of the molecule is Cc1ccccc1CN(C)C(=O)COC(=O)/C=C/c1ccc2c(c1)OCCCO2. The van der Waals surface area contributed by atoms with Gasteiger partial charge in [-0.3, -0.25) is 4.79 Å². The van der Waals surface area contributed by atoms with Crippen LogP contribution < -0.4 is 9.47 Å². The van der Waals surface area contributed by atoms with Crippen molar-refractivity contribution < 1.29 is 23.8 Å². The van der Waals surface area contributed by atoms with Crippen molar-refractivity contribution in [2.45, 2.75) is 19.9 Å². The van der Waals surface area contributed by atoms with E-state index in [0.717, 1.165) is 23.1 Å². The maximum absolute atomic E-state index is 12.2. The lowest BCUT2D eigenvalue weighted by atomic mass is 10.1. The van der Waals surface area contributed by atoms with Crippen molar-refractivity contribution in [3.8, 4) is 11.5 Å². The highest BCUT2D eigenvalue weighted by Gasteiger charge is 2.13. The second kappa shape index (κ2) is 9.78. The third-order valence-electron chi connectivity index (χ3n) is 4.62. The van der Waals surface area contributed by atoms with Crippen LogP contribution in [0.25, 0.3) is 6.08 Å². The molecule has 0 spiro atoms. The summed E-state index contributed by atoms with van der Waals surface area (Å²) in [7, 11) is 1.69. The van der Waals surface area contributed by atoms with Gasteiger partial charge in [0.05, 0.1) is 13.2 Å². The summed E-state index contributed by atoms with van der Waals surface area (Å²) in [4.78, 5) is 25.7. The fourth-order valence-corrected chi connectivity index (χ4v) is 2.87. The van der Waals surface area contributed by atoms with Crippen LogP contribution in [0.2, 0.25) is 0 Å². The molecule has 1 heterocycles. The fourth-order valence-electron chi connectivity index (χ4n) is 2.87. The van der Waals surface area contributed by atoms with E-state index in [2.05, 4.69) is 0 Å². The van der Waals surface area contributed by atoms with Gasteiger partial charge in [-0.05, 0) is 41.8 Å². The molecule has 0 aliphatic carbocycles. The molecule has 0 bridgehead atoms. The second-order valence-electron chi connectivity index (χ2n) is 6.87. The smallest absolute Gasteiger partial charge is 0.331 e. The highest BCUT2D eigenvalue weighted by molar-refractivity contribution is 5.89. The van der Waals surface area contributed by atoms with Crippen molar-refractivity contribution in [1.82, 2.24) is 4.90 Å². The molecule has 0 radical (unpaired) electrons. The van der Waals surface area contributed by atoms with E-state index >= 15 is 0 Å². The highest BCUT2D eigenvalue weighted by Crippen LogP contribution is 2.30. The average molecular weight is 395 g/mol. The molecule has 0 N–H and O–H groups in total. The van der Waals surface area contributed by atoms with Crippen LogP contribution >= 0.6 is 0 Å². The number of rotatable bonds is 6. The number of hydrogen-bond acceptors (Lipinski definition) is 5. The summed E-state index contributed by atoms with van der Waals surface area (Å²) in [6.07, 6.45) is 3.75. The van der Waals surface area contributed by atoms with Crippen LogP contribution in [0.1, 0.15) is 23.1 Å². The number of ether oxygens (including phenoxy) is 3. The lowest BCUT2D eigenvalue weighted by Crippen LogP contribution is -2.30. The molecule has 1 amide bonds. The van der Waals surface area contributed by atoms with Crippen LogP contribution in [0, 0.1) is 6.92 Å². The van der Waals surface area contributed by atoms with E-state index in [9.17, 15) is 9.59 Å². The van der Waals surface area contributed by atoms with Crippen LogP contribution in [0.4, 0.5) is 0 Å². The Morgan fingerprint density at radius 1 is 1.10 bits per heavy atom. The van der Waals surface area contributed by atoms with Crippen molar-refractivity contribution >= 4 is 18.0 Å². The monoisotopic (exact) mass is 395 g/mol. The first kappa shape index (κ1) is 20.5. The van der Waals surface area contributed by atoms with Gasteiger partial charge in [-0.1, -0.05) is 30.3 Å². The van der Waals surface area contributed by atoms with Crippen molar-refractivity contribution in [2.24, 2.45) is 0 Å². The summed E-state index contributed by atoms with van der Waals surface area (Å²) in [5.74, 6) is 0.524. The van der Waals surface area contributed by atoms with Crippen molar-refractivity contribution in [3.63, 3.8) is 0 Å². The van der Waals surface area contributed by atoms with E-state index < -0.39 is 5.97 Å². The van der Waals surface area contributed by atoms with Gasteiger partial charge < -0.3 is 19.1 Å². The topological polar surface area (TPSA) is 65.1 Å². The number of likely N-dealkylation sites (N-methyl/N-ethyl adjacent to an activating group) is 1. The Morgan fingerprint density at radius 3 is 2.66 bits per heavy atom. The maximum Gasteiger partial charge on any atom is 0.331 e. The molecule has 6 heteroatoms. The minimum Gasteiger partial charge on any atom is -0.490 e. The number of carbonyl (C=O) groups is 2. The zero-order chi connectivity index (χ0) is 20.6. The van der Waals surface area contributed by atoms with E-state index in [1.54, 1.807) is 18.0 Å². The molecule has 0 unspecified atom stereocenters. The summed E-state index contributed by atoms with van der Waals surface area (Å²) in [6.45, 7) is 3.39. The van der Waals surface area contributed by atoms with Crippen LogP contribution in [0.5, 0.6) is 11.5 Å². The molecular formula is C23H25NO5. The Balaban J connectivity index is 1.49. The van der Waals surface area contributed by atoms with E-state index in [0.29, 0.717) is 31.3 Å². The third kappa shape index (κ3) is 5.85. The van der Waals surface area contributed by atoms with Gasteiger partial charge in [0.15, 0.2) is 18.1 Å². The number of amides is 1. The Labute approximate surface area is 170 Å². The molecule has 2 aromatic carbocycles. The molecule has 0 atom stereocenters. The van der Waals surface area contributed by atoms with E-state index in [-0.39, 0.29) is 12.5 Å². The average Bonchev–Trinajstić information content (AvgIpc) is 2.97. The first-order chi connectivity index (χ1) is 14.0. The van der Waals surface area contributed by atoms with Gasteiger partial charge >= 0.3 is 5.97 Å². The Hall–Kier alpha value is -3.28. The standard InChI is InChI=1S/C23H25NO5/c1-17-6-3-4-7-19(17)15-24(2)22(25)16-29-23(26)11-9-18-8-10-20-21(14-18)28-13-5-12-27-20/h3-4,6-11,14H,5,12-13,15-16H2,1-2H3/b11-9+. The van der Waals surface area contributed by atoms with Crippen molar-refractivity contribution in [3.05, 3.63) is 65.2 Å². The van der Waals surface area contributed by atoms with Crippen LogP contribution in [0.3, 0.4) is 0 Å². The molecule has 29 heavy (non-hydrogen) atoms. The maximum atomic E-state index is 12.2. The first-order valence-electron chi connectivity index (χ1n) is 9.56. The third-order valence-corrected chi connectivity index (χ3v) is 4.62. The van der Waals surface area contributed by atoms with Crippen molar-refractivity contribution in [2.75, 3.05) is 26.9 Å². The van der Waals surface area contributed by atoms with Crippen molar-refractivity contribution in [1.29, 1.82) is 0 Å². The molecule has 0 aromatic heterocycles. The lowest BCUT2D eigenvalue weighted by Gasteiger charge is -2.18. The summed E-state index contributed by atoms with van der Waals surface area (Å²) in [5.41, 5.74) is 2.96. The zero-order valence-corrected chi connectivity index (χ0v) is 16.7. The van der Waals surface area contributed by atoms with E-state index in [1.807, 2.05) is 49.4 Å². The minimum atomic E-state index is -0.574. The molecule has 0 saturated heterocycles. The predicted molar refractivity (Wildman–Crippen MR) is 110 cm³/mol. The second-order valence-corrected chi connectivity index (χ2v) is 6.87. The number of benzene rings is 2. The lowest BCUT2D eigenvalue weighted by molar-refractivity contribution is -0.147. The molecule has 1 aliphatic heterocycles. The molecule has 6 nitrogen and oxygen atoms in total. The van der Waals surface area contributed by atoms with Gasteiger partial charge in [0.2, 0.25) is 0 Å². The predicted octanol–water partition coefficient (Wildman–Crippen LogP) is 3.37. The number of aryl methyl sites for hydroxylation is 1. The Bertz CT molecular complexity index is 906. The molecule has 2 aromatic rings. The number of esters is 1. The number of carbonyl (C=O) groups excluding carboxylic acids is 2. The first-order valence-corrected chi connectivity index (χ1v) is 9.56. The van der Waals surface area contributed by atoms with Gasteiger partial charge in [-0.2, -0.15) is 0 Å². The van der Waals surface area contributed by atoms with Gasteiger partial charge in [-0.25, -0.2) is 4.79 Å². The molecule has 3 rings (SSSR count). The van der Waals surface area contributed by atoms with Gasteiger partial charge in [0, 0.05) is 26.1 Å². The molecule has 0 fully saturated rings. The van der Waals surface area contributed by atoms with Crippen LogP contribution in [-0.2, 0) is 20.9 Å². The zero-order valence-electron chi connectivity index (χ0n) is 16.7. The summed E-state index contributed by atoms with van der Waals surface area (Å²) >= 11 is 0. The highest BCUT2D eigenvalue weighted by atomic mass is 16.5. The molecule has 1 aliphatic rings. The van der Waals surface area contributed by atoms with Gasteiger partial charge in [0.1, 0.15) is 0 Å². The molecule has 0 saturated carbocycles. The molecular weight excluding hydrogens is 370 g/mol. The van der Waals surface area contributed by atoms with Gasteiger partial charge in [-0.15, -0.1) is 0 Å². The summed E-state index contributed by atoms with van der Waals surface area (Å²) in [6, 6.07) is 13.3. The van der Waals surface area contributed by atoms with E-state index in [1.165, 1.54) is 6.08 Å². The fraction of sp³-hybridized carbons (Fsp3) is 0.304. The largest absolute Gasteiger partial charge is 0.490 e. The quantitative estimate of drug-likeness (QED) is 0.554. The Morgan fingerprint density at radius 2 is 1.86 bits per heavy atom. The summed E-state index contributed by atoms with van der Waals surface area (Å²) < 4.78 is 16.3. The normalized spacial score (nSPS) is 13.0. The van der Waals surface area contributed by atoms with Crippen LogP contribution in [-0.4, -0.2) is 43.6 Å². The number of hydrogen-bond donors (Lipinski definition) is 0. The Kier molecular flexibility index (Phi) is 6.89. The number of fused-ring (bicyclic) bond motifs is 1. The van der Waals surface area contributed by atoms with E-state index in [4.69, 9.17) is 14.2 Å².